The Hall–Kier alpha value is -1.94. The lowest BCUT2D eigenvalue weighted by molar-refractivity contribution is 0.102. The van der Waals surface area contributed by atoms with Gasteiger partial charge in [-0.3, -0.25) is 4.79 Å². The van der Waals surface area contributed by atoms with E-state index in [-0.39, 0.29) is 5.78 Å². The van der Waals surface area contributed by atoms with E-state index in [4.69, 9.17) is 9.47 Å². The first kappa shape index (κ1) is 15.4. The molecule has 0 unspecified atom stereocenters. The van der Waals surface area contributed by atoms with Crippen LogP contribution in [-0.2, 0) is 0 Å². The van der Waals surface area contributed by atoms with Crippen LogP contribution < -0.4 is 9.47 Å². The van der Waals surface area contributed by atoms with E-state index in [0.717, 1.165) is 4.90 Å². The Labute approximate surface area is 129 Å². The zero-order valence-electron chi connectivity index (χ0n) is 12.4. The third-order valence-electron chi connectivity index (χ3n) is 3.06. The van der Waals surface area contributed by atoms with Crippen molar-refractivity contribution in [3.8, 4) is 11.5 Å². The monoisotopic (exact) mass is 302 g/mol. The van der Waals surface area contributed by atoms with Crippen molar-refractivity contribution >= 4 is 17.5 Å². The van der Waals surface area contributed by atoms with Gasteiger partial charge in [-0.1, -0.05) is 17.7 Å². The van der Waals surface area contributed by atoms with Crippen LogP contribution in [0, 0.1) is 6.92 Å². The Morgan fingerprint density at radius 3 is 2.10 bits per heavy atom. The summed E-state index contributed by atoms with van der Waals surface area (Å²) in [5, 5.41) is 0. The average Bonchev–Trinajstić information content (AvgIpc) is 2.53. The van der Waals surface area contributed by atoms with Crippen LogP contribution in [-0.4, -0.2) is 25.8 Å². The first-order valence-corrected chi connectivity index (χ1v) is 7.56. The normalized spacial score (nSPS) is 10.2. The van der Waals surface area contributed by atoms with E-state index < -0.39 is 0 Å². The Morgan fingerprint density at radius 1 is 1.00 bits per heavy atom. The minimum Gasteiger partial charge on any atom is -0.497 e. The molecular formula is C17H18O3S. The van der Waals surface area contributed by atoms with Gasteiger partial charge in [0, 0.05) is 16.5 Å². The largest absolute Gasteiger partial charge is 0.497 e. The predicted octanol–water partition coefficient (Wildman–Crippen LogP) is 3.99. The molecule has 0 aliphatic heterocycles. The summed E-state index contributed by atoms with van der Waals surface area (Å²) in [5.74, 6) is 1.69. The van der Waals surface area contributed by atoms with Crippen LogP contribution in [0.2, 0.25) is 0 Å². The molecule has 2 rings (SSSR count). The first-order valence-electron chi connectivity index (χ1n) is 6.58. The molecule has 21 heavy (non-hydrogen) atoms. The third kappa shape index (κ3) is 4.26. The fourth-order valence-corrected chi connectivity index (χ4v) is 2.63. The topological polar surface area (TPSA) is 35.5 Å². The van der Waals surface area contributed by atoms with E-state index in [1.165, 1.54) is 17.3 Å². The van der Waals surface area contributed by atoms with Gasteiger partial charge in [-0.15, -0.1) is 11.8 Å². The van der Waals surface area contributed by atoms with Crippen molar-refractivity contribution in [1.29, 1.82) is 0 Å². The quantitative estimate of drug-likeness (QED) is 0.597. The fraction of sp³-hybridized carbons (Fsp3) is 0.235. The number of ketones is 1. The van der Waals surface area contributed by atoms with Crippen LogP contribution in [0.15, 0.2) is 47.4 Å². The van der Waals surface area contributed by atoms with Crippen molar-refractivity contribution in [3.05, 3.63) is 53.6 Å². The molecule has 0 spiro atoms. The van der Waals surface area contributed by atoms with Gasteiger partial charge < -0.3 is 9.47 Å². The highest BCUT2D eigenvalue weighted by atomic mass is 32.2. The molecule has 0 heterocycles. The summed E-state index contributed by atoms with van der Waals surface area (Å²) < 4.78 is 10.4. The van der Waals surface area contributed by atoms with Gasteiger partial charge in [0.25, 0.3) is 0 Å². The highest BCUT2D eigenvalue weighted by Crippen LogP contribution is 2.25. The molecule has 2 aromatic carbocycles. The second kappa shape index (κ2) is 7.18. The van der Waals surface area contributed by atoms with E-state index in [1.807, 2.05) is 31.2 Å². The van der Waals surface area contributed by atoms with Gasteiger partial charge in [0.2, 0.25) is 0 Å². The van der Waals surface area contributed by atoms with Crippen molar-refractivity contribution in [2.45, 2.75) is 11.8 Å². The molecule has 0 aliphatic rings. The van der Waals surface area contributed by atoms with Gasteiger partial charge in [-0.25, -0.2) is 0 Å². The van der Waals surface area contributed by atoms with Crippen LogP contribution in [0.3, 0.4) is 0 Å². The zero-order chi connectivity index (χ0) is 15.2. The molecule has 0 radical (unpaired) electrons. The number of methoxy groups -OCH3 is 2. The molecule has 3 nitrogen and oxygen atoms in total. The van der Waals surface area contributed by atoms with E-state index >= 15 is 0 Å². The smallest absolute Gasteiger partial charge is 0.173 e. The third-order valence-corrected chi connectivity index (χ3v) is 4.08. The number of carbonyl (C=O) groups is 1. The van der Waals surface area contributed by atoms with E-state index in [1.54, 1.807) is 32.4 Å². The van der Waals surface area contributed by atoms with Gasteiger partial charge in [0.05, 0.1) is 20.0 Å². The molecule has 0 amide bonds. The first-order chi connectivity index (χ1) is 10.1. The number of carbonyl (C=O) groups excluding carboxylic acids is 1. The van der Waals surface area contributed by atoms with Gasteiger partial charge in [-0.2, -0.15) is 0 Å². The maximum Gasteiger partial charge on any atom is 0.173 e. The number of ether oxygens (including phenoxy) is 2. The van der Waals surface area contributed by atoms with Crippen molar-refractivity contribution in [1.82, 2.24) is 0 Å². The Kier molecular flexibility index (Phi) is 5.28. The summed E-state index contributed by atoms with van der Waals surface area (Å²) in [7, 11) is 3.15. The molecular weight excluding hydrogens is 284 g/mol. The SMILES string of the molecule is COc1cc(OC)cc(C(=O)CSc2ccc(C)cc2)c1. The molecule has 0 N–H and O–H groups in total. The maximum atomic E-state index is 12.3. The second-order valence-corrected chi connectivity index (χ2v) is 5.67. The summed E-state index contributed by atoms with van der Waals surface area (Å²) >= 11 is 1.53. The molecule has 110 valence electrons. The number of benzene rings is 2. The van der Waals surface area contributed by atoms with E-state index in [9.17, 15) is 4.79 Å². The summed E-state index contributed by atoms with van der Waals surface area (Å²) in [6, 6.07) is 13.4. The molecule has 4 heteroatoms. The lowest BCUT2D eigenvalue weighted by Crippen LogP contribution is -2.03. The highest BCUT2D eigenvalue weighted by molar-refractivity contribution is 8.00. The van der Waals surface area contributed by atoms with Crippen molar-refractivity contribution < 1.29 is 14.3 Å². The lowest BCUT2D eigenvalue weighted by atomic mass is 10.1. The van der Waals surface area contributed by atoms with Crippen LogP contribution in [0.1, 0.15) is 15.9 Å². The van der Waals surface area contributed by atoms with Crippen molar-refractivity contribution in [3.63, 3.8) is 0 Å². The molecule has 0 atom stereocenters. The van der Waals surface area contributed by atoms with Crippen molar-refractivity contribution in [2.24, 2.45) is 0 Å². The summed E-state index contributed by atoms with van der Waals surface area (Å²) in [6.07, 6.45) is 0. The number of Topliss-reactive ketones (excluding diaryl/α,β-unsaturated/α-hetero) is 1. The molecule has 0 fully saturated rings. The van der Waals surface area contributed by atoms with E-state index in [2.05, 4.69) is 0 Å². The summed E-state index contributed by atoms with van der Waals surface area (Å²) in [4.78, 5) is 13.4. The Morgan fingerprint density at radius 2 is 1.57 bits per heavy atom. The molecule has 0 bridgehead atoms. The molecule has 0 aliphatic carbocycles. The zero-order valence-corrected chi connectivity index (χ0v) is 13.2. The van der Waals surface area contributed by atoms with E-state index in [0.29, 0.717) is 22.8 Å². The number of hydrogen-bond donors (Lipinski definition) is 0. The number of aryl methyl sites for hydroxylation is 1. The van der Waals surface area contributed by atoms with Crippen LogP contribution >= 0.6 is 11.8 Å². The van der Waals surface area contributed by atoms with Gasteiger partial charge in [0.1, 0.15) is 11.5 Å². The standard InChI is InChI=1S/C17H18O3S/c1-12-4-6-16(7-5-12)21-11-17(18)13-8-14(19-2)10-15(9-13)20-3/h4-10H,11H2,1-3H3. The van der Waals surface area contributed by atoms with Gasteiger partial charge in [0.15, 0.2) is 5.78 Å². The number of hydrogen-bond acceptors (Lipinski definition) is 4. The average molecular weight is 302 g/mol. The lowest BCUT2D eigenvalue weighted by Gasteiger charge is -2.08. The Bertz CT molecular complexity index is 598. The molecule has 0 aromatic heterocycles. The maximum absolute atomic E-state index is 12.3. The summed E-state index contributed by atoms with van der Waals surface area (Å²) in [6.45, 7) is 2.04. The molecule has 2 aromatic rings. The molecule has 0 saturated carbocycles. The van der Waals surface area contributed by atoms with Crippen LogP contribution in [0.25, 0.3) is 0 Å². The van der Waals surface area contributed by atoms with Crippen molar-refractivity contribution in [2.75, 3.05) is 20.0 Å². The number of thioether (sulfide) groups is 1. The van der Waals surface area contributed by atoms with Gasteiger partial charge in [-0.05, 0) is 31.2 Å². The van der Waals surface area contributed by atoms with Crippen LogP contribution in [0.4, 0.5) is 0 Å². The van der Waals surface area contributed by atoms with Gasteiger partial charge >= 0.3 is 0 Å². The molecule has 0 saturated heterocycles. The highest BCUT2D eigenvalue weighted by Gasteiger charge is 2.10. The minimum atomic E-state index is 0.0535. The predicted molar refractivity (Wildman–Crippen MR) is 85.8 cm³/mol. The number of rotatable bonds is 6. The fourth-order valence-electron chi connectivity index (χ4n) is 1.84. The minimum absolute atomic E-state index is 0.0535. The second-order valence-electron chi connectivity index (χ2n) is 4.63. The summed E-state index contributed by atoms with van der Waals surface area (Å²) in [5.41, 5.74) is 1.81. The Balaban J connectivity index is 2.07. The van der Waals surface area contributed by atoms with Crippen LogP contribution in [0.5, 0.6) is 11.5 Å².